The third-order valence-electron chi connectivity index (χ3n) is 4.68. The molecule has 0 saturated carbocycles. The number of carbonyl (C=O) groups is 1. The highest BCUT2D eigenvalue weighted by molar-refractivity contribution is 5.75. The van der Waals surface area contributed by atoms with E-state index < -0.39 is 24.0 Å². The summed E-state index contributed by atoms with van der Waals surface area (Å²) in [6, 6.07) is 10.4. The lowest BCUT2D eigenvalue weighted by Gasteiger charge is -2.29. The van der Waals surface area contributed by atoms with E-state index in [-0.39, 0.29) is 0 Å². The molecular formula is C22H29NO6. The summed E-state index contributed by atoms with van der Waals surface area (Å²) in [4.78, 5) is 12.2. The number of rotatable bonds is 9. The largest absolute Gasteiger partial charge is 0.493 e. The van der Waals surface area contributed by atoms with Crippen molar-refractivity contribution in [3.8, 4) is 23.0 Å². The number of carbonyl (C=O) groups excluding carboxylic acids is 1. The zero-order valence-corrected chi connectivity index (χ0v) is 17.7. The van der Waals surface area contributed by atoms with Gasteiger partial charge in [-0.3, -0.25) is 4.79 Å². The van der Waals surface area contributed by atoms with Crippen molar-refractivity contribution in [1.29, 1.82) is 0 Å². The summed E-state index contributed by atoms with van der Waals surface area (Å²) < 4.78 is 27.9. The summed E-state index contributed by atoms with van der Waals surface area (Å²) in [5.41, 5.74) is 7.26. The summed E-state index contributed by atoms with van der Waals surface area (Å²) in [6.45, 7) is 3.39. The molecule has 0 amide bonds. The Morgan fingerprint density at radius 2 is 1.24 bits per heavy atom. The maximum Gasteiger partial charge on any atom is 0.322 e. The zero-order valence-electron chi connectivity index (χ0n) is 17.7. The summed E-state index contributed by atoms with van der Waals surface area (Å²) in [5.74, 6) is 1.33. The zero-order chi connectivity index (χ0) is 21.6. The van der Waals surface area contributed by atoms with Crippen LogP contribution in [0.4, 0.5) is 0 Å². The van der Waals surface area contributed by atoms with Crippen LogP contribution in [0.1, 0.15) is 30.9 Å². The predicted octanol–water partition coefficient (Wildman–Crippen LogP) is 3.13. The molecule has 0 aliphatic rings. The molecular weight excluding hydrogens is 374 g/mol. The molecule has 0 heterocycles. The predicted molar refractivity (Wildman–Crippen MR) is 110 cm³/mol. The minimum absolute atomic E-state index is 0.423. The highest BCUT2D eigenvalue weighted by Gasteiger charge is 2.32. The van der Waals surface area contributed by atoms with Crippen LogP contribution in [0.2, 0.25) is 0 Å². The Kier molecular flexibility index (Phi) is 7.73. The van der Waals surface area contributed by atoms with Gasteiger partial charge in [0.1, 0.15) is 12.1 Å². The molecule has 0 spiro atoms. The quantitative estimate of drug-likeness (QED) is 0.644. The molecule has 0 aliphatic carbocycles. The van der Waals surface area contributed by atoms with Crippen molar-refractivity contribution in [3.05, 3.63) is 47.5 Å². The van der Waals surface area contributed by atoms with Crippen LogP contribution in [0, 0.1) is 0 Å². The SMILES string of the molecule is COc1cccc(C(c2cccc(OC)c2OC)C(C)OC(=O)[C@H](C)N)c1OC. The normalized spacial score (nSPS) is 12.8. The Balaban J connectivity index is 2.70. The van der Waals surface area contributed by atoms with Gasteiger partial charge in [-0.2, -0.15) is 0 Å². The molecule has 29 heavy (non-hydrogen) atoms. The molecule has 0 radical (unpaired) electrons. The molecule has 2 aromatic rings. The number of benzene rings is 2. The number of ether oxygens (including phenoxy) is 5. The maximum atomic E-state index is 12.2. The van der Waals surface area contributed by atoms with Crippen molar-refractivity contribution < 1.29 is 28.5 Å². The molecule has 0 fully saturated rings. The van der Waals surface area contributed by atoms with Gasteiger partial charge in [0.2, 0.25) is 0 Å². The molecule has 158 valence electrons. The fourth-order valence-corrected chi connectivity index (χ4v) is 3.35. The average molecular weight is 403 g/mol. The fourth-order valence-electron chi connectivity index (χ4n) is 3.35. The summed E-state index contributed by atoms with van der Waals surface area (Å²) in [6.07, 6.45) is -0.574. The van der Waals surface area contributed by atoms with Crippen LogP contribution in [0.3, 0.4) is 0 Å². The van der Waals surface area contributed by atoms with Gasteiger partial charge in [-0.05, 0) is 26.0 Å². The van der Waals surface area contributed by atoms with Crippen molar-refractivity contribution in [1.82, 2.24) is 0 Å². The fraction of sp³-hybridized carbons (Fsp3) is 0.409. The van der Waals surface area contributed by atoms with Gasteiger partial charge in [-0.15, -0.1) is 0 Å². The molecule has 7 nitrogen and oxygen atoms in total. The molecule has 0 aromatic heterocycles. The molecule has 0 aliphatic heterocycles. The van der Waals surface area contributed by atoms with Crippen LogP contribution in [-0.4, -0.2) is 46.6 Å². The third kappa shape index (κ3) is 4.74. The van der Waals surface area contributed by atoms with Crippen molar-refractivity contribution in [2.24, 2.45) is 5.73 Å². The summed E-state index contributed by atoms with van der Waals surface area (Å²) in [5, 5.41) is 0. The van der Waals surface area contributed by atoms with Crippen molar-refractivity contribution in [2.45, 2.75) is 31.9 Å². The Hall–Kier alpha value is -2.93. The molecule has 2 aromatic carbocycles. The van der Waals surface area contributed by atoms with Crippen LogP contribution >= 0.6 is 0 Å². The van der Waals surface area contributed by atoms with Gasteiger partial charge in [0.15, 0.2) is 23.0 Å². The Bertz CT molecular complexity index is 781. The number of hydrogen-bond donors (Lipinski definition) is 1. The van der Waals surface area contributed by atoms with Gasteiger partial charge < -0.3 is 29.4 Å². The first kappa shape index (κ1) is 22.4. The highest BCUT2D eigenvalue weighted by atomic mass is 16.5. The molecule has 1 unspecified atom stereocenters. The lowest BCUT2D eigenvalue weighted by atomic mass is 9.85. The number of hydrogen-bond acceptors (Lipinski definition) is 7. The van der Waals surface area contributed by atoms with Crippen LogP contribution in [0.15, 0.2) is 36.4 Å². The van der Waals surface area contributed by atoms with Gasteiger partial charge in [-0.1, -0.05) is 24.3 Å². The van der Waals surface area contributed by atoms with E-state index in [1.807, 2.05) is 31.2 Å². The second kappa shape index (κ2) is 10.0. The number of esters is 1. The first-order valence-electron chi connectivity index (χ1n) is 9.27. The molecule has 0 bridgehead atoms. The molecule has 7 heteroatoms. The van der Waals surface area contributed by atoms with Crippen LogP contribution in [0.25, 0.3) is 0 Å². The Labute approximate surface area is 171 Å². The van der Waals surface area contributed by atoms with Crippen molar-refractivity contribution in [3.63, 3.8) is 0 Å². The number of nitrogens with two attached hydrogens (primary N) is 1. The van der Waals surface area contributed by atoms with E-state index in [0.717, 1.165) is 11.1 Å². The molecule has 2 atom stereocenters. The van der Waals surface area contributed by atoms with E-state index in [2.05, 4.69) is 0 Å². The molecule has 2 rings (SSSR count). The minimum Gasteiger partial charge on any atom is -0.493 e. The summed E-state index contributed by atoms with van der Waals surface area (Å²) in [7, 11) is 6.28. The Morgan fingerprint density at radius 1 is 0.793 bits per heavy atom. The second-order valence-corrected chi connectivity index (χ2v) is 6.57. The van der Waals surface area contributed by atoms with E-state index in [1.54, 1.807) is 47.5 Å². The summed E-state index contributed by atoms with van der Waals surface area (Å²) >= 11 is 0. The standard InChI is InChI=1S/C22H29NO6/c1-13(23)22(24)29-14(2)19(15-9-7-11-17(25-3)20(15)27-5)16-10-8-12-18(26-4)21(16)28-6/h7-14,19H,23H2,1-6H3/t13-,14?/m0/s1. The first-order chi connectivity index (χ1) is 13.9. The van der Waals surface area contributed by atoms with E-state index in [1.165, 1.54) is 0 Å². The van der Waals surface area contributed by atoms with E-state index >= 15 is 0 Å². The van der Waals surface area contributed by atoms with Crippen molar-refractivity contribution >= 4 is 5.97 Å². The number of para-hydroxylation sites is 2. The van der Waals surface area contributed by atoms with E-state index in [9.17, 15) is 4.79 Å². The first-order valence-corrected chi connectivity index (χ1v) is 9.27. The van der Waals surface area contributed by atoms with Gasteiger partial charge in [0, 0.05) is 11.1 Å². The van der Waals surface area contributed by atoms with Gasteiger partial charge >= 0.3 is 5.97 Å². The van der Waals surface area contributed by atoms with Crippen LogP contribution in [0.5, 0.6) is 23.0 Å². The van der Waals surface area contributed by atoms with Gasteiger partial charge in [-0.25, -0.2) is 0 Å². The molecule has 0 saturated heterocycles. The smallest absolute Gasteiger partial charge is 0.322 e. The monoisotopic (exact) mass is 403 g/mol. The topological polar surface area (TPSA) is 89.2 Å². The van der Waals surface area contributed by atoms with Crippen molar-refractivity contribution in [2.75, 3.05) is 28.4 Å². The number of methoxy groups -OCH3 is 4. The molecule has 2 N–H and O–H groups in total. The van der Waals surface area contributed by atoms with E-state index in [4.69, 9.17) is 29.4 Å². The van der Waals surface area contributed by atoms with Gasteiger partial charge in [0.25, 0.3) is 0 Å². The minimum atomic E-state index is -0.738. The van der Waals surface area contributed by atoms with Gasteiger partial charge in [0.05, 0.1) is 34.4 Å². The van der Waals surface area contributed by atoms with Crippen LogP contribution in [-0.2, 0) is 9.53 Å². The lowest BCUT2D eigenvalue weighted by molar-refractivity contribution is -0.150. The second-order valence-electron chi connectivity index (χ2n) is 6.57. The maximum absolute atomic E-state index is 12.2. The Morgan fingerprint density at radius 3 is 1.59 bits per heavy atom. The third-order valence-corrected chi connectivity index (χ3v) is 4.68. The average Bonchev–Trinajstić information content (AvgIpc) is 2.73. The lowest BCUT2D eigenvalue weighted by Crippen LogP contribution is -2.34. The van der Waals surface area contributed by atoms with Crippen LogP contribution < -0.4 is 24.7 Å². The van der Waals surface area contributed by atoms with E-state index in [0.29, 0.717) is 23.0 Å². The highest BCUT2D eigenvalue weighted by Crippen LogP contribution is 2.45.